The zero-order valence-corrected chi connectivity index (χ0v) is 11.3. The molecule has 1 aliphatic rings. The summed E-state index contributed by atoms with van der Waals surface area (Å²) < 4.78 is 4.46. The highest BCUT2D eigenvalue weighted by Gasteiger charge is 2.40. The predicted molar refractivity (Wildman–Crippen MR) is 65.2 cm³/mol. The molecular formula is C10H16N2O5S. The molecule has 2 atom stereocenters. The van der Waals surface area contributed by atoms with Gasteiger partial charge in [0, 0.05) is 12.8 Å². The summed E-state index contributed by atoms with van der Waals surface area (Å²) in [6.45, 7) is 1.56. The molecule has 1 rings (SSSR count). The normalized spacial score (nSPS) is 22.7. The van der Waals surface area contributed by atoms with Crippen LogP contribution in [0, 0.1) is 0 Å². The molecule has 0 saturated carbocycles. The van der Waals surface area contributed by atoms with Gasteiger partial charge in [0.2, 0.25) is 0 Å². The number of carboxylic acid groups (broad SMARTS) is 1. The molecule has 18 heavy (non-hydrogen) atoms. The molecule has 0 aromatic carbocycles. The van der Waals surface area contributed by atoms with Crippen LogP contribution in [-0.4, -0.2) is 70.7 Å². The topological polar surface area (TPSA) is 87.2 Å². The summed E-state index contributed by atoms with van der Waals surface area (Å²) in [4.78, 5) is 36.6. The standard InChI is InChI=1S/C10H16N2O5S/c1-6-12(7(5-18-6)9(14)15)10(16)11(2)4-8(13)17-3/h6-7H,4-5H2,1-3H3,(H,14,15). The molecule has 1 saturated heterocycles. The summed E-state index contributed by atoms with van der Waals surface area (Å²) in [5.41, 5.74) is 0. The fraction of sp³-hybridized carbons (Fsp3) is 0.700. The second-order valence-electron chi connectivity index (χ2n) is 3.91. The molecule has 0 aromatic heterocycles. The molecular weight excluding hydrogens is 260 g/mol. The number of rotatable bonds is 3. The fourth-order valence-corrected chi connectivity index (χ4v) is 2.81. The quantitative estimate of drug-likeness (QED) is 0.733. The molecule has 1 fully saturated rings. The predicted octanol–water partition coefficient (Wildman–Crippen LogP) is 0.0592. The summed E-state index contributed by atoms with van der Waals surface area (Å²) in [7, 11) is 2.67. The van der Waals surface area contributed by atoms with Gasteiger partial charge < -0.3 is 14.7 Å². The number of carbonyl (C=O) groups is 3. The first kappa shape index (κ1) is 14.6. The molecule has 1 aliphatic heterocycles. The van der Waals surface area contributed by atoms with Crippen molar-refractivity contribution in [1.29, 1.82) is 0 Å². The molecule has 1 N–H and O–H groups in total. The Bertz CT molecular complexity index is 362. The number of hydrogen-bond donors (Lipinski definition) is 1. The van der Waals surface area contributed by atoms with E-state index in [0.717, 1.165) is 4.90 Å². The van der Waals surface area contributed by atoms with E-state index in [-0.39, 0.29) is 11.9 Å². The van der Waals surface area contributed by atoms with E-state index in [9.17, 15) is 14.4 Å². The highest BCUT2D eigenvalue weighted by atomic mass is 32.2. The van der Waals surface area contributed by atoms with Gasteiger partial charge in [-0.2, -0.15) is 0 Å². The van der Waals surface area contributed by atoms with E-state index in [2.05, 4.69) is 4.74 Å². The van der Waals surface area contributed by atoms with E-state index in [1.165, 1.54) is 30.8 Å². The minimum Gasteiger partial charge on any atom is -0.480 e. The molecule has 0 aliphatic carbocycles. The largest absolute Gasteiger partial charge is 0.480 e. The monoisotopic (exact) mass is 276 g/mol. The van der Waals surface area contributed by atoms with Gasteiger partial charge in [0.05, 0.1) is 12.5 Å². The molecule has 102 valence electrons. The highest BCUT2D eigenvalue weighted by Crippen LogP contribution is 2.29. The Balaban J connectivity index is 2.74. The number of likely N-dealkylation sites (N-methyl/N-ethyl adjacent to an activating group) is 1. The Kier molecular flexibility index (Phi) is 4.83. The molecule has 8 heteroatoms. The summed E-state index contributed by atoms with van der Waals surface area (Å²) >= 11 is 1.39. The van der Waals surface area contributed by atoms with E-state index in [0.29, 0.717) is 5.75 Å². The van der Waals surface area contributed by atoms with Crippen LogP contribution in [0.1, 0.15) is 6.92 Å². The second-order valence-corrected chi connectivity index (χ2v) is 5.26. The van der Waals surface area contributed by atoms with E-state index >= 15 is 0 Å². The lowest BCUT2D eigenvalue weighted by atomic mass is 10.3. The second kappa shape index (κ2) is 5.94. The lowest BCUT2D eigenvalue weighted by molar-refractivity contribution is -0.141. The third kappa shape index (κ3) is 3.06. The lowest BCUT2D eigenvalue weighted by Crippen LogP contribution is -2.51. The molecule has 0 radical (unpaired) electrons. The van der Waals surface area contributed by atoms with Crippen molar-refractivity contribution in [2.45, 2.75) is 18.3 Å². The third-order valence-electron chi connectivity index (χ3n) is 2.65. The van der Waals surface area contributed by atoms with Crippen molar-refractivity contribution in [3.8, 4) is 0 Å². The molecule has 2 unspecified atom stereocenters. The average Bonchev–Trinajstić information content (AvgIpc) is 2.69. The van der Waals surface area contributed by atoms with E-state index in [4.69, 9.17) is 5.11 Å². The van der Waals surface area contributed by atoms with Crippen LogP contribution >= 0.6 is 11.8 Å². The number of urea groups is 1. The van der Waals surface area contributed by atoms with Gasteiger partial charge in [-0.05, 0) is 6.92 Å². The summed E-state index contributed by atoms with van der Waals surface area (Å²) in [5.74, 6) is -1.22. The van der Waals surface area contributed by atoms with Crippen molar-refractivity contribution < 1.29 is 24.2 Å². The lowest BCUT2D eigenvalue weighted by Gasteiger charge is -2.29. The molecule has 1 heterocycles. The number of hydrogen-bond acceptors (Lipinski definition) is 5. The van der Waals surface area contributed by atoms with Gasteiger partial charge in [-0.25, -0.2) is 9.59 Å². The summed E-state index contributed by atoms with van der Waals surface area (Å²) in [5, 5.41) is 8.82. The first-order valence-electron chi connectivity index (χ1n) is 5.33. The maximum Gasteiger partial charge on any atom is 0.327 e. The number of nitrogens with zero attached hydrogens (tertiary/aromatic N) is 2. The molecule has 2 amide bonds. The van der Waals surface area contributed by atoms with Crippen molar-refractivity contribution in [3.63, 3.8) is 0 Å². The average molecular weight is 276 g/mol. The van der Waals surface area contributed by atoms with Crippen LogP contribution < -0.4 is 0 Å². The fourth-order valence-electron chi connectivity index (χ4n) is 1.65. The number of carbonyl (C=O) groups excluding carboxylic acids is 2. The zero-order valence-electron chi connectivity index (χ0n) is 10.5. The van der Waals surface area contributed by atoms with Crippen LogP contribution in [0.15, 0.2) is 0 Å². The summed E-state index contributed by atoms with van der Waals surface area (Å²) in [6, 6.07) is -1.33. The van der Waals surface area contributed by atoms with Gasteiger partial charge in [0.1, 0.15) is 12.6 Å². The van der Waals surface area contributed by atoms with Crippen LogP contribution in [0.3, 0.4) is 0 Å². The minimum absolute atomic E-state index is 0.199. The third-order valence-corrected chi connectivity index (χ3v) is 3.87. The number of aliphatic carboxylic acids is 1. The Hall–Kier alpha value is -1.44. The van der Waals surface area contributed by atoms with Crippen LogP contribution in [0.5, 0.6) is 0 Å². The number of ether oxygens (including phenoxy) is 1. The summed E-state index contributed by atoms with van der Waals surface area (Å²) in [6.07, 6.45) is 0. The Labute approximate surface area is 109 Å². The van der Waals surface area contributed by atoms with Gasteiger partial charge in [-0.1, -0.05) is 0 Å². The van der Waals surface area contributed by atoms with E-state index in [1.54, 1.807) is 6.92 Å². The smallest absolute Gasteiger partial charge is 0.327 e. The Morgan fingerprint density at radius 1 is 1.50 bits per heavy atom. The first-order chi connectivity index (χ1) is 8.38. The van der Waals surface area contributed by atoms with Crippen molar-refractivity contribution in [2.24, 2.45) is 0 Å². The van der Waals surface area contributed by atoms with Gasteiger partial charge in [-0.3, -0.25) is 9.69 Å². The maximum absolute atomic E-state index is 12.1. The first-order valence-corrected chi connectivity index (χ1v) is 6.38. The van der Waals surface area contributed by atoms with E-state index in [1.807, 2.05) is 0 Å². The van der Waals surface area contributed by atoms with Crippen molar-refractivity contribution >= 4 is 29.7 Å². The number of carboxylic acids is 1. The Morgan fingerprint density at radius 2 is 2.11 bits per heavy atom. The van der Waals surface area contributed by atoms with Gasteiger partial charge in [0.15, 0.2) is 0 Å². The van der Waals surface area contributed by atoms with Crippen molar-refractivity contribution in [1.82, 2.24) is 9.80 Å². The highest BCUT2D eigenvalue weighted by molar-refractivity contribution is 8.00. The Morgan fingerprint density at radius 3 is 2.61 bits per heavy atom. The van der Waals surface area contributed by atoms with Crippen molar-refractivity contribution in [2.75, 3.05) is 26.5 Å². The molecule has 7 nitrogen and oxygen atoms in total. The van der Waals surface area contributed by atoms with Crippen LogP contribution in [-0.2, 0) is 14.3 Å². The minimum atomic E-state index is -1.04. The van der Waals surface area contributed by atoms with Crippen molar-refractivity contribution in [3.05, 3.63) is 0 Å². The molecule has 0 bridgehead atoms. The van der Waals surface area contributed by atoms with Crippen LogP contribution in [0.2, 0.25) is 0 Å². The number of esters is 1. The molecule has 0 spiro atoms. The van der Waals surface area contributed by atoms with Gasteiger partial charge >= 0.3 is 18.0 Å². The van der Waals surface area contributed by atoms with E-state index < -0.39 is 24.0 Å². The maximum atomic E-state index is 12.1. The molecule has 0 aromatic rings. The van der Waals surface area contributed by atoms with Crippen LogP contribution in [0.25, 0.3) is 0 Å². The number of amides is 2. The van der Waals surface area contributed by atoms with Gasteiger partial charge in [-0.15, -0.1) is 11.8 Å². The SMILES string of the molecule is COC(=O)CN(C)C(=O)N1C(C)SCC1C(=O)O. The number of methoxy groups -OCH3 is 1. The van der Waals surface area contributed by atoms with Crippen LogP contribution in [0.4, 0.5) is 4.79 Å². The zero-order chi connectivity index (χ0) is 13.9. The number of thioether (sulfide) groups is 1. The van der Waals surface area contributed by atoms with Gasteiger partial charge in [0.25, 0.3) is 0 Å².